The predicted octanol–water partition coefficient (Wildman–Crippen LogP) is 5.19. The first-order chi connectivity index (χ1) is 14.0. The number of carbonyl (C=O) groups excluding carboxylic acids is 1. The van der Waals surface area contributed by atoms with E-state index in [1.807, 2.05) is 37.3 Å². The molecular formula is C22H18ClN3O2S. The molecule has 5 nitrogen and oxygen atoms in total. The molecule has 0 radical (unpaired) electrons. The summed E-state index contributed by atoms with van der Waals surface area (Å²) in [6, 6.07) is 21.4. The first-order valence-electron chi connectivity index (χ1n) is 8.74. The topological polar surface area (TPSA) is 62.7 Å². The van der Waals surface area contributed by atoms with Gasteiger partial charge in [0, 0.05) is 10.7 Å². The van der Waals surface area contributed by atoms with Crippen molar-refractivity contribution < 1.29 is 9.53 Å². The molecule has 7 heteroatoms. The van der Waals surface area contributed by atoms with Crippen molar-refractivity contribution in [3.8, 4) is 5.75 Å². The van der Waals surface area contributed by atoms with Crippen LogP contribution in [0.15, 0.2) is 77.9 Å². The van der Waals surface area contributed by atoms with E-state index in [4.69, 9.17) is 28.6 Å². The highest BCUT2D eigenvalue weighted by atomic mass is 35.5. The molecule has 0 atom stereocenters. The Balaban J connectivity index is 1.57. The third-order valence-electron chi connectivity index (χ3n) is 3.80. The summed E-state index contributed by atoms with van der Waals surface area (Å²) in [5.74, 6) is -0.0493. The van der Waals surface area contributed by atoms with Crippen molar-refractivity contribution in [1.29, 1.82) is 0 Å². The van der Waals surface area contributed by atoms with Crippen LogP contribution < -0.4 is 15.5 Å². The predicted molar refractivity (Wildman–Crippen MR) is 121 cm³/mol. The summed E-state index contributed by atoms with van der Waals surface area (Å²) in [5.41, 5.74) is 5.94. The average molecular weight is 424 g/mol. The third kappa shape index (κ3) is 6.41. The number of ether oxygens (including phenoxy) is 1. The van der Waals surface area contributed by atoms with Crippen LogP contribution in [0, 0.1) is 6.92 Å². The zero-order chi connectivity index (χ0) is 20.6. The second-order valence-electron chi connectivity index (χ2n) is 6.16. The van der Waals surface area contributed by atoms with E-state index < -0.39 is 5.97 Å². The molecule has 0 aliphatic carbocycles. The molecule has 0 heterocycles. The third-order valence-corrected chi connectivity index (χ3v) is 4.25. The van der Waals surface area contributed by atoms with Gasteiger partial charge in [-0.15, -0.1) is 0 Å². The second kappa shape index (κ2) is 9.82. The normalized spacial score (nSPS) is 10.6. The number of nitrogens with one attached hydrogen (secondary N) is 2. The number of benzene rings is 3. The molecular weight excluding hydrogens is 406 g/mol. The number of thiocarbonyl (C=S) groups is 1. The van der Waals surface area contributed by atoms with Gasteiger partial charge in [0.25, 0.3) is 0 Å². The van der Waals surface area contributed by atoms with Gasteiger partial charge in [0.2, 0.25) is 0 Å². The van der Waals surface area contributed by atoms with Crippen molar-refractivity contribution in [1.82, 2.24) is 5.43 Å². The maximum Gasteiger partial charge on any atom is 0.343 e. The minimum Gasteiger partial charge on any atom is -0.423 e. The molecule has 0 aliphatic heterocycles. The Kier molecular flexibility index (Phi) is 6.94. The number of esters is 1. The fourth-order valence-corrected chi connectivity index (χ4v) is 2.75. The van der Waals surface area contributed by atoms with E-state index in [1.165, 1.54) is 0 Å². The first kappa shape index (κ1) is 20.5. The summed E-state index contributed by atoms with van der Waals surface area (Å²) in [6.07, 6.45) is 1.59. The number of hydrogen-bond donors (Lipinski definition) is 2. The summed E-state index contributed by atoms with van der Waals surface area (Å²) in [4.78, 5) is 12.2. The second-order valence-corrected chi connectivity index (χ2v) is 7.01. The molecule has 0 spiro atoms. The zero-order valence-electron chi connectivity index (χ0n) is 15.6. The highest BCUT2D eigenvalue weighted by Crippen LogP contribution is 2.16. The van der Waals surface area contributed by atoms with Gasteiger partial charge in [-0.1, -0.05) is 35.9 Å². The van der Waals surface area contributed by atoms with Crippen molar-refractivity contribution in [3.63, 3.8) is 0 Å². The number of halogens is 1. The van der Waals surface area contributed by atoms with E-state index in [0.717, 1.165) is 16.8 Å². The molecule has 0 unspecified atom stereocenters. The maximum atomic E-state index is 12.2. The minimum atomic E-state index is -0.461. The number of aryl methyl sites for hydroxylation is 1. The van der Waals surface area contributed by atoms with E-state index >= 15 is 0 Å². The molecule has 3 rings (SSSR count). The summed E-state index contributed by atoms with van der Waals surface area (Å²) in [5, 5.41) is 8.10. The molecule has 0 aromatic heterocycles. The molecule has 0 amide bonds. The van der Waals surface area contributed by atoms with Crippen LogP contribution in [-0.4, -0.2) is 17.3 Å². The lowest BCUT2D eigenvalue weighted by molar-refractivity contribution is 0.0735. The van der Waals surface area contributed by atoms with Crippen molar-refractivity contribution in [2.24, 2.45) is 5.10 Å². The fraction of sp³-hybridized carbons (Fsp3) is 0.0455. The average Bonchev–Trinajstić information content (AvgIpc) is 2.69. The van der Waals surface area contributed by atoms with E-state index in [0.29, 0.717) is 21.4 Å². The molecule has 0 aliphatic rings. The van der Waals surface area contributed by atoms with Crippen LogP contribution in [0.2, 0.25) is 5.02 Å². The number of nitrogens with zero attached hydrogens (tertiary/aromatic N) is 1. The summed E-state index contributed by atoms with van der Waals surface area (Å²) >= 11 is 11.1. The quantitative estimate of drug-likeness (QED) is 0.194. The van der Waals surface area contributed by atoms with Gasteiger partial charge in [0.05, 0.1) is 11.8 Å². The lowest BCUT2D eigenvalue weighted by Gasteiger charge is -2.07. The van der Waals surface area contributed by atoms with Gasteiger partial charge in [-0.3, -0.25) is 5.43 Å². The fourth-order valence-electron chi connectivity index (χ4n) is 2.46. The van der Waals surface area contributed by atoms with Gasteiger partial charge < -0.3 is 10.1 Å². The highest BCUT2D eigenvalue weighted by Gasteiger charge is 2.08. The lowest BCUT2D eigenvalue weighted by atomic mass is 10.2. The van der Waals surface area contributed by atoms with Gasteiger partial charge in [-0.05, 0) is 78.8 Å². The number of rotatable bonds is 5. The van der Waals surface area contributed by atoms with Gasteiger partial charge >= 0.3 is 5.97 Å². The Morgan fingerprint density at radius 1 is 1.07 bits per heavy atom. The van der Waals surface area contributed by atoms with Gasteiger partial charge in [0.1, 0.15) is 5.75 Å². The lowest BCUT2D eigenvalue weighted by Crippen LogP contribution is -2.23. The SMILES string of the molecule is Cc1cccc(NC(=S)N/N=C/c2cccc(OC(=O)c3ccc(Cl)cc3)c2)c1. The largest absolute Gasteiger partial charge is 0.423 e. The van der Waals surface area contributed by atoms with Crippen molar-refractivity contribution in [2.45, 2.75) is 6.92 Å². The Morgan fingerprint density at radius 3 is 2.59 bits per heavy atom. The van der Waals surface area contributed by atoms with Crippen LogP contribution in [0.5, 0.6) is 5.75 Å². The van der Waals surface area contributed by atoms with Crippen molar-refractivity contribution in [2.75, 3.05) is 5.32 Å². The van der Waals surface area contributed by atoms with E-state index in [2.05, 4.69) is 15.8 Å². The van der Waals surface area contributed by atoms with Crippen LogP contribution in [0.25, 0.3) is 0 Å². The van der Waals surface area contributed by atoms with E-state index in [9.17, 15) is 4.79 Å². The molecule has 0 saturated heterocycles. The standard InChI is InChI=1S/C22H18ClN3O2S/c1-15-4-2-6-19(12-15)25-22(29)26-24-14-16-5-3-7-20(13-16)28-21(27)17-8-10-18(23)11-9-17/h2-14H,1H3,(H2,25,26,29)/b24-14+. The molecule has 146 valence electrons. The van der Waals surface area contributed by atoms with Crippen molar-refractivity contribution >= 4 is 46.8 Å². The summed E-state index contributed by atoms with van der Waals surface area (Å²) < 4.78 is 5.40. The number of anilines is 1. The Labute approximate surface area is 179 Å². The highest BCUT2D eigenvalue weighted by molar-refractivity contribution is 7.80. The monoisotopic (exact) mass is 423 g/mol. The Hall–Kier alpha value is -3.22. The van der Waals surface area contributed by atoms with E-state index in [1.54, 1.807) is 48.7 Å². The molecule has 2 N–H and O–H groups in total. The zero-order valence-corrected chi connectivity index (χ0v) is 17.1. The van der Waals surface area contributed by atoms with E-state index in [-0.39, 0.29) is 0 Å². The molecule has 0 bridgehead atoms. The molecule has 29 heavy (non-hydrogen) atoms. The Bertz CT molecular complexity index is 1050. The van der Waals surface area contributed by atoms with Crippen molar-refractivity contribution in [3.05, 3.63) is 94.5 Å². The smallest absolute Gasteiger partial charge is 0.343 e. The summed E-state index contributed by atoms with van der Waals surface area (Å²) in [7, 11) is 0. The summed E-state index contributed by atoms with van der Waals surface area (Å²) in [6.45, 7) is 2.01. The van der Waals surface area contributed by atoms with Crippen LogP contribution in [0.3, 0.4) is 0 Å². The van der Waals surface area contributed by atoms with Crippen LogP contribution in [0.1, 0.15) is 21.5 Å². The molecule has 0 fully saturated rings. The first-order valence-corrected chi connectivity index (χ1v) is 9.53. The minimum absolute atomic E-state index is 0.372. The molecule has 3 aromatic carbocycles. The number of carbonyl (C=O) groups is 1. The Morgan fingerprint density at radius 2 is 1.83 bits per heavy atom. The van der Waals surface area contributed by atoms with Gasteiger partial charge in [0.15, 0.2) is 5.11 Å². The van der Waals surface area contributed by atoms with Crippen LogP contribution >= 0.6 is 23.8 Å². The van der Waals surface area contributed by atoms with Crippen LogP contribution in [-0.2, 0) is 0 Å². The van der Waals surface area contributed by atoms with Gasteiger partial charge in [-0.25, -0.2) is 4.79 Å². The molecule has 0 saturated carbocycles. The van der Waals surface area contributed by atoms with Gasteiger partial charge in [-0.2, -0.15) is 5.10 Å². The number of hydrogen-bond acceptors (Lipinski definition) is 4. The van der Waals surface area contributed by atoms with Crippen LogP contribution in [0.4, 0.5) is 5.69 Å². The number of hydrazone groups is 1. The molecule has 3 aromatic rings. The maximum absolute atomic E-state index is 12.2.